The van der Waals surface area contributed by atoms with Crippen molar-refractivity contribution in [2.75, 3.05) is 6.54 Å². The Balaban J connectivity index is 1.57. The highest BCUT2D eigenvalue weighted by molar-refractivity contribution is 7.16. The largest absolute Gasteiger partial charge is 0.332 e. The fourth-order valence-electron chi connectivity index (χ4n) is 3.57. The minimum absolute atomic E-state index is 0.107. The Morgan fingerprint density at radius 3 is 2.84 bits per heavy atom. The predicted octanol–water partition coefficient (Wildman–Crippen LogP) is 4.98. The van der Waals surface area contributed by atoms with Gasteiger partial charge in [0.05, 0.1) is 22.3 Å². The molecule has 2 heterocycles. The lowest BCUT2D eigenvalue weighted by Gasteiger charge is -2.29. The van der Waals surface area contributed by atoms with Crippen LogP contribution in [0.1, 0.15) is 47.5 Å². The third-order valence-corrected chi connectivity index (χ3v) is 6.43. The van der Waals surface area contributed by atoms with E-state index >= 15 is 0 Å². The van der Waals surface area contributed by atoms with Gasteiger partial charge in [-0.05, 0) is 37.0 Å². The van der Waals surface area contributed by atoms with Gasteiger partial charge < -0.3 is 4.90 Å². The van der Waals surface area contributed by atoms with E-state index in [0.717, 1.165) is 27.3 Å². The molecule has 0 saturated heterocycles. The second-order valence-electron chi connectivity index (χ2n) is 6.65. The summed E-state index contributed by atoms with van der Waals surface area (Å²) >= 11 is 3.20. The first-order valence-corrected chi connectivity index (χ1v) is 10.6. The molecule has 0 unspecified atom stereocenters. The van der Waals surface area contributed by atoms with Crippen molar-refractivity contribution in [3.05, 3.63) is 45.9 Å². The quantitative estimate of drug-likeness (QED) is 0.636. The van der Waals surface area contributed by atoms with Gasteiger partial charge in [0.2, 0.25) is 0 Å². The van der Waals surface area contributed by atoms with Crippen molar-refractivity contribution in [2.24, 2.45) is 5.92 Å². The average Bonchev–Trinajstić information content (AvgIpc) is 3.32. The lowest BCUT2D eigenvalue weighted by molar-refractivity contribution is 0.0699. The first-order chi connectivity index (χ1) is 12.3. The van der Waals surface area contributed by atoms with Crippen molar-refractivity contribution in [1.82, 2.24) is 14.9 Å². The van der Waals surface area contributed by atoms with Crippen LogP contribution in [0.4, 0.5) is 0 Å². The third-order valence-electron chi connectivity index (χ3n) is 4.88. The topological polar surface area (TPSA) is 46.1 Å². The number of aromatic nitrogens is 2. The smallest absolute Gasteiger partial charge is 0.254 e. The maximum Gasteiger partial charge on any atom is 0.254 e. The maximum atomic E-state index is 13.2. The van der Waals surface area contributed by atoms with Gasteiger partial charge in [-0.2, -0.15) is 0 Å². The van der Waals surface area contributed by atoms with Gasteiger partial charge in [-0.15, -0.1) is 22.7 Å². The van der Waals surface area contributed by atoms with Gasteiger partial charge in [0.15, 0.2) is 0 Å². The fourth-order valence-corrected chi connectivity index (χ4v) is 4.91. The van der Waals surface area contributed by atoms with Crippen LogP contribution in [0.15, 0.2) is 35.3 Å². The number of fused-ring (bicyclic) bond motifs is 1. The van der Waals surface area contributed by atoms with E-state index < -0.39 is 0 Å². The second-order valence-corrected chi connectivity index (χ2v) is 8.52. The van der Waals surface area contributed by atoms with Gasteiger partial charge in [-0.25, -0.2) is 9.97 Å². The maximum absolute atomic E-state index is 13.2. The molecule has 0 spiro atoms. The van der Waals surface area contributed by atoms with Crippen LogP contribution in [0.3, 0.4) is 0 Å². The van der Waals surface area contributed by atoms with Gasteiger partial charge in [-0.1, -0.05) is 19.3 Å². The van der Waals surface area contributed by atoms with Crippen LogP contribution in [0.5, 0.6) is 0 Å². The second kappa shape index (κ2) is 7.62. The Kier molecular flexibility index (Phi) is 5.08. The zero-order valence-corrected chi connectivity index (χ0v) is 15.7. The van der Waals surface area contributed by atoms with E-state index in [-0.39, 0.29) is 5.91 Å². The van der Waals surface area contributed by atoms with Gasteiger partial charge in [-0.3, -0.25) is 4.79 Å². The van der Waals surface area contributed by atoms with Crippen LogP contribution in [0, 0.1) is 5.92 Å². The molecule has 0 bridgehead atoms. The standard InChI is InChI=1S/C19H21N3OS2/c23-19(15-6-7-16-17(10-15)25-13-21-16)22(12-18-20-8-9-24-18)11-14-4-2-1-3-5-14/h6-10,13-14H,1-5,11-12H2. The molecule has 0 aliphatic heterocycles. The minimum atomic E-state index is 0.107. The SMILES string of the molecule is O=C(c1ccc2ncsc2c1)N(Cc1nccs1)CC1CCCCC1. The van der Waals surface area contributed by atoms with E-state index in [0.29, 0.717) is 12.5 Å². The molecule has 0 atom stereocenters. The van der Waals surface area contributed by atoms with Crippen LogP contribution < -0.4 is 0 Å². The highest BCUT2D eigenvalue weighted by atomic mass is 32.1. The number of amides is 1. The van der Waals surface area contributed by atoms with E-state index in [1.165, 1.54) is 32.1 Å². The number of rotatable bonds is 5. The molecule has 6 heteroatoms. The van der Waals surface area contributed by atoms with Gasteiger partial charge in [0.1, 0.15) is 5.01 Å². The highest BCUT2D eigenvalue weighted by Gasteiger charge is 2.23. The number of carbonyl (C=O) groups excluding carboxylic acids is 1. The van der Waals surface area contributed by atoms with Crippen LogP contribution in [0.2, 0.25) is 0 Å². The molecule has 1 aliphatic rings. The Bertz CT molecular complexity index is 837. The summed E-state index contributed by atoms with van der Waals surface area (Å²) in [5.41, 5.74) is 3.54. The molecule has 1 amide bonds. The predicted molar refractivity (Wildman–Crippen MR) is 103 cm³/mol. The van der Waals surface area contributed by atoms with Gasteiger partial charge in [0, 0.05) is 23.7 Å². The molecule has 3 aromatic rings. The number of nitrogens with zero attached hydrogens (tertiary/aromatic N) is 3. The lowest BCUT2D eigenvalue weighted by atomic mass is 9.89. The summed E-state index contributed by atoms with van der Waals surface area (Å²) in [4.78, 5) is 23.9. The zero-order chi connectivity index (χ0) is 17.1. The van der Waals surface area contributed by atoms with Crippen molar-refractivity contribution in [1.29, 1.82) is 0 Å². The monoisotopic (exact) mass is 371 g/mol. The molecule has 1 aromatic carbocycles. The van der Waals surface area contributed by atoms with Crippen LogP contribution in [-0.4, -0.2) is 27.3 Å². The number of hydrogen-bond donors (Lipinski definition) is 0. The van der Waals surface area contributed by atoms with Crippen LogP contribution >= 0.6 is 22.7 Å². The van der Waals surface area contributed by atoms with E-state index in [2.05, 4.69) is 9.97 Å². The Hall–Kier alpha value is -1.79. The zero-order valence-electron chi connectivity index (χ0n) is 14.1. The molecule has 130 valence electrons. The molecule has 1 fully saturated rings. The molecule has 25 heavy (non-hydrogen) atoms. The minimum Gasteiger partial charge on any atom is -0.332 e. The van der Waals surface area contributed by atoms with Gasteiger partial charge >= 0.3 is 0 Å². The Morgan fingerprint density at radius 2 is 2.04 bits per heavy atom. The number of hydrogen-bond acceptors (Lipinski definition) is 5. The summed E-state index contributed by atoms with van der Waals surface area (Å²) in [6, 6.07) is 5.83. The molecule has 0 N–H and O–H groups in total. The molecule has 4 nitrogen and oxygen atoms in total. The van der Waals surface area contributed by atoms with Crippen molar-refractivity contribution < 1.29 is 4.79 Å². The summed E-state index contributed by atoms with van der Waals surface area (Å²) in [7, 11) is 0. The summed E-state index contributed by atoms with van der Waals surface area (Å²) < 4.78 is 1.07. The van der Waals surface area contributed by atoms with Gasteiger partial charge in [0.25, 0.3) is 5.91 Å². The van der Waals surface area contributed by atoms with Crippen LogP contribution in [-0.2, 0) is 6.54 Å². The molecule has 1 saturated carbocycles. The van der Waals surface area contributed by atoms with Crippen molar-refractivity contribution in [3.8, 4) is 0 Å². The van der Waals surface area contributed by atoms with E-state index in [4.69, 9.17) is 0 Å². The first-order valence-electron chi connectivity index (χ1n) is 8.80. The molecule has 0 radical (unpaired) electrons. The average molecular weight is 372 g/mol. The summed E-state index contributed by atoms with van der Waals surface area (Å²) in [6.45, 7) is 1.44. The third kappa shape index (κ3) is 3.90. The van der Waals surface area contributed by atoms with Crippen LogP contribution in [0.25, 0.3) is 10.2 Å². The normalized spacial score (nSPS) is 15.5. The molecular weight excluding hydrogens is 350 g/mol. The fraction of sp³-hybridized carbons (Fsp3) is 0.421. The molecule has 2 aromatic heterocycles. The lowest BCUT2D eigenvalue weighted by Crippen LogP contribution is -2.35. The molecule has 4 rings (SSSR count). The summed E-state index contributed by atoms with van der Waals surface area (Å²) in [5.74, 6) is 0.723. The summed E-state index contributed by atoms with van der Waals surface area (Å²) in [5, 5.41) is 2.98. The summed E-state index contributed by atoms with van der Waals surface area (Å²) in [6.07, 6.45) is 8.18. The number of carbonyl (C=O) groups is 1. The highest BCUT2D eigenvalue weighted by Crippen LogP contribution is 2.27. The van der Waals surface area contributed by atoms with Crippen molar-refractivity contribution in [3.63, 3.8) is 0 Å². The van der Waals surface area contributed by atoms with E-state index in [1.807, 2.05) is 40.2 Å². The first kappa shape index (κ1) is 16.7. The number of thiazole rings is 2. The Labute approximate surface area is 155 Å². The van der Waals surface area contributed by atoms with E-state index in [1.54, 1.807) is 22.7 Å². The Morgan fingerprint density at radius 1 is 1.16 bits per heavy atom. The van der Waals surface area contributed by atoms with E-state index in [9.17, 15) is 4.79 Å². The van der Waals surface area contributed by atoms with Crippen molar-refractivity contribution in [2.45, 2.75) is 38.6 Å². The van der Waals surface area contributed by atoms with Crippen molar-refractivity contribution >= 4 is 38.8 Å². The molecular formula is C19H21N3OS2. The molecule has 1 aliphatic carbocycles. The number of benzene rings is 1.